The van der Waals surface area contributed by atoms with Crippen LogP contribution in [0.25, 0.3) is 11.0 Å². The first-order valence-corrected chi connectivity index (χ1v) is 7.86. The number of aromatic nitrogens is 2. The average molecular weight is 322 g/mol. The first kappa shape index (κ1) is 14.7. The highest BCUT2D eigenvalue weighted by Crippen LogP contribution is 2.42. The van der Waals surface area contributed by atoms with Crippen molar-refractivity contribution >= 4 is 22.6 Å². The second-order valence-electron chi connectivity index (χ2n) is 6.18. The van der Waals surface area contributed by atoms with E-state index in [1.807, 2.05) is 12.1 Å². The van der Waals surface area contributed by atoms with Crippen LogP contribution in [0.3, 0.4) is 0 Å². The zero-order valence-electron chi connectivity index (χ0n) is 13.4. The number of carbonyl (C=O) groups is 1. The zero-order valence-corrected chi connectivity index (χ0v) is 13.4. The van der Waals surface area contributed by atoms with Gasteiger partial charge < -0.3 is 9.88 Å². The highest BCUT2D eigenvalue weighted by molar-refractivity contribution is 5.96. The fourth-order valence-corrected chi connectivity index (χ4v) is 3.53. The summed E-state index contributed by atoms with van der Waals surface area (Å²) in [5, 5.41) is 8.78. The van der Waals surface area contributed by atoms with Crippen LogP contribution in [0.1, 0.15) is 34.6 Å². The van der Waals surface area contributed by atoms with Gasteiger partial charge in [-0.3, -0.25) is 10.0 Å². The molecule has 0 aliphatic carbocycles. The third-order valence-corrected chi connectivity index (χ3v) is 4.90. The lowest BCUT2D eigenvalue weighted by atomic mass is 9.95. The van der Waals surface area contributed by atoms with Crippen LogP contribution in [0.5, 0.6) is 0 Å². The number of para-hydroxylation sites is 1. The fourth-order valence-electron chi connectivity index (χ4n) is 3.53. The summed E-state index contributed by atoms with van der Waals surface area (Å²) in [5.74, 6) is 0.497. The summed E-state index contributed by atoms with van der Waals surface area (Å²) in [6.45, 7) is 2.18. The fraction of sp³-hybridized carbons (Fsp3) is 0.222. The van der Waals surface area contributed by atoms with Gasteiger partial charge in [0.1, 0.15) is 5.82 Å². The molecule has 0 radical (unpaired) electrons. The third kappa shape index (κ3) is 2.07. The minimum absolute atomic E-state index is 0.147. The highest BCUT2D eigenvalue weighted by Gasteiger charge is 2.36. The lowest BCUT2D eigenvalue weighted by molar-refractivity contribution is 0.0706. The molecule has 0 saturated carbocycles. The second kappa shape index (κ2) is 5.35. The van der Waals surface area contributed by atoms with Crippen molar-refractivity contribution < 1.29 is 10.0 Å². The molecule has 0 fully saturated rings. The van der Waals surface area contributed by atoms with Gasteiger partial charge in [-0.25, -0.2) is 10.5 Å². The monoisotopic (exact) mass is 322 g/mol. The molecule has 2 unspecified atom stereocenters. The Kier molecular flexibility index (Phi) is 3.28. The number of hydrogen-bond donors (Lipinski definition) is 3. The first-order chi connectivity index (χ1) is 11.6. The van der Waals surface area contributed by atoms with Crippen molar-refractivity contribution in [1.82, 2.24) is 15.4 Å². The summed E-state index contributed by atoms with van der Waals surface area (Å²) in [6.07, 6.45) is 0. The van der Waals surface area contributed by atoms with Gasteiger partial charge in [0, 0.05) is 24.3 Å². The molecular weight excluding hydrogens is 304 g/mol. The predicted molar refractivity (Wildman–Crippen MR) is 91.5 cm³/mol. The SMILES string of the molecule is CC1C(c2nc3ccc(C(=O)NO)cc3[nH]2)c2ccccc2N1C. The maximum atomic E-state index is 11.6. The van der Waals surface area contributed by atoms with Crippen molar-refractivity contribution in [3.05, 3.63) is 59.4 Å². The van der Waals surface area contributed by atoms with Crippen LogP contribution in [-0.2, 0) is 0 Å². The molecule has 0 spiro atoms. The number of carbonyl (C=O) groups excluding carboxylic acids is 1. The molecule has 1 amide bonds. The van der Waals surface area contributed by atoms with Crippen molar-refractivity contribution in [1.29, 1.82) is 0 Å². The molecule has 0 saturated heterocycles. The van der Waals surface area contributed by atoms with Crippen molar-refractivity contribution in [2.75, 3.05) is 11.9 Å². The molecule has 2 aromatic carbocycles. The Morgan fingerprint density at radius 2 is 2.08 bits per heavy atom. The number of amides is 1. The summed E-state index contributed by atoms with van der Waals surface area (Å²) in [7, 11) is 2.09. The number of fused-ring (bicyclic) bond motifs is 2. The number of nitrogens with one attached hydrogen (secondary N) is 2. The number of hydroxylamine groups is 1. The minimum atomic E-state index is -0.535. The van der Waals surface area contributed by atoms with Gasteiger partial charge in [0.2, 0.25) is 0 Å². The molecule has 1 aromatic heterocycles. The van der Waals surface area contributed by atoms with Crippen molar-refractivity contribution in [2.24, 2.45) is 0 Å². The molecule has 1 aliphatic heterocycles. The Balaban J connectivity index is 1.81. The lowest BCUT2D eigenvalue weighted by Gasteiger charge is -2.21. The van der Waals surface area contributed by atoms with Gasteiger partial charge in [-0.05, 0) is 36.8 Å². The zero-order chi connectivity index (χ0) is 16.8. The van der Waals surface area contributed by atoms with Gasteiger partial charge in [0.15, 0.2) is 0 Å². The van der Waals surface area contributed by atoms with Gasteiger partial charge in [0.25, 0.3) is 5.91 Å². The summed E-state index contributed by atoms with van der Waals surface area (Å²) < 4.78 is 0. The van der Waals surface area contributed by atoms with Crippen LogP contribution in [0.4, 0.5) is 5.69 Å². The number of benzene rings is 2. The molecule has 0 bridgehead atoms. The van der Waals surface area contributed by atoms with E-state index in [2.05, 4.69) is 36.0 Å². The summed E-state index contributed by atoms with van der Waals surface area (Å²) in [6, 6.07) is 13.8. The van der Waals surface area contributed by atoms with Gasteiger partial charge >= 0.3 is 0 Å². The van der Waals surface area contributed by atoms with Crippen LogP contribution >= 0.6 is 0 Å². The molecule has 2 heterocycles. The van der Waals surface area contributed by atoms with Crippen molar-refractivity contribution in [3.63, 3.8) is 0 Å². The number of hydrogen-bond acceptors (Lipinski definition) is 4. The molecule has 122 valence electrons. The number of likely N-dealkylation sites (N-methyl/N-ethyl adjacent to an activating group) is 1. The number of H-pyrrole nitrogens is 1. The van der Waals surface area contributed by atoms with Crippen molar-refractivity contribution in [2.45, 2.75) is 18.9 Å². The number of imidazole rings is 1. The van der Waals surface area contributed by atoms with Gasteiger partial charge in [0.05, 0.1) is 17.0 Å². The maximum Gasteiger partial charge on any atom is 0.274 e. The Labute approximate surface area is 139 Å². The molecule has 1 aliphatic rings. The largest absolute Gasteiger partial charge is 0.371 e. The lowest BCUT2D eigenvalue weighted by Crippen LogP contribution is -2.28. The first-order valence-electron chi connectivity index (χ1n) is 7.86. The van der Waals surface area contributed by atoms with E-state index in [0.29, 0.717) is 5.56 Å². The van der Waals surface area contributed by atoms with Gasteiger partial charge in [-0.1, -0.05) is 18.2 Å². The van der Waals surface area contributed by atoms with Gasteiger partial charge in [-0.2, -0.15) is 0 Å². The topological polar surface area (TPSA) is 81.2 Å². The van der Waals surface area contributed by atoms with E-state index in [0.717, 1.165) is 16.9 Å². The molecule has 24 heavy (non-hydrogen) atoms. The average Bonchev–Trinajstić information content (AvgIpc) is 3.13. The molecule has 3 N–H and O–H groups in total. The molecule has 3 aromatic rings. The smallest absolute Gasteiger partial charge is 0.274 e. The normalized spacial score (nSPS) is 19.5. The quantitative estimate of drug-likeness (QED) is 0.500. The van der Waals surface area contributed by atoms with E-state index in [-0.39, 0.29) is 12.0 Å². The third-order valence-electron chi connectivity index (χ3n) is 4.90. The van der Waals surface area contributed by atoms with Crippen LogP contribution in [0.2, 0.25) is 0 Å². The standard InChI is InChI=1S/C18H18N4O2/c1-10-16(12-5-3-4-6-15(12)22(10)2)17-19-13-8-7-11(18(23)21-24)9-14(13)20-17/h3-10,16,24H,1-2H3,(H,19,20)(H,21,23). The second-order valence-corrected chi connectivity index (χ2v) is 6.18. The van der Waals surface area contributed by atoms with E-state index in [4.69, 9.17) is 10.2 Å². The number of nitrogens with zero attached hydrogens (tertiary/aromatic N) is 2. The summed E-state index contributed by atoms with van der Waals surface area (Å²) in [5.41, 5.74) is 6.10. The minimum Gasteiger partial charge on any atom is -0.371 e. The van der Waals surface area contributed by atoms with E-state index < -0.39 is 5.91 Å². The predicted octanol–water partition coefficient (Wildman–Crippen LogP) is 2.65. The van der Waals surface area contributed by atoms with Crippen LogP contribution in [0.15, 0.2) is 42.5 Å². The van der Waals surface area contributed by atoms with Crippen LogP contribution in [-0.4, -0.2) is 34.2 Å². The van der Waals surface area contributed by atoms with Crippen LogP contribution in [0, 0.1) is 0 Å². The summed E-state index contributed by atoms with van der Waals surface area (Å²) in [4.78, 5) is 21.9. The van der Waals surface area contributed by atoms with E-state index >= 15 is 0 Å². The van der Waals surface area contributed by atoms with Crippen molar-refractivity contribution in [3.8, 4) is 0 Å². The van der Waals surface area contributed by atoms with E-state index in [1.54, 1.807) is 23.7 Å². The maximum absolute atomic E-state index is 11.6. The van der Waals surface area contributed by atoms with Gasteiger partial charge in [-0.15, -0.1) is 0 Å². The Morgan fingerprint density at radius 3 is 2.88 bits per heavy atom. The Morgan fingerprint density at radius 1 is 1.29 bits per heavy atom. The number of aromatic amines is 1. The van der Waals surface area contributed by atoms with Crippen LogP contribution < -0.4 is 10.4 Å². The Hall–Kier alpha value is -2.86. The number of anilines is 1. The molecular formula is C18H18N4O2. The molecule has 2 atom stereocenters. The molecule has 6 heteroatoms. The highest BCUT2D eigenvalue weighted by atomic mass is 16.5. The Bertz CT molecular complexity index is 934. The van der Waals surface area contributed by atoms with E-state index in [9.17, 15) is 4.79 Å². The number of rotatable bonds is 2. The molecule has 4 rings (SSSR count). The summed E-state index contributed by atoms with van der Waals surface area (Å²) >= 11 is 0. The van der Waals surface area contributed by atoms with E-state index in [1.165, 1.54) is 11.3 Å². The molecule has 6 nitrogen and oxygen atoms in total.